The zero-order chi connectivity index (χ0) is 19.4. The van der Waals surface area contributed by atoms with E-state index in [-0.39, 0.29) is 0 Å². The third-order valence-corrected chi connectivity index (χ3v) is 10.4. The van der Waals surface area contributed by atoms with Crippen LogP contribution in [0.25, 0.3) is 0 Å². The predicted octanol–water partition coefficient (Wildman–Crippen LogP) is 7.01. The molecule has 2 spiro atoms. The summed E-state index contributed by atoms with van der Waals surface area (Å²) in [5.74, 6) is 3.91. The van der Waals surface area contributed by atoms with E-state index in [1.807, 2.05) is 0 Å². The molecular formula is C28H33N. The predicted molar refractivity (Wildman–Crippen MR) is 120 cm³/mol. The minimum atomic E-state index is 0.381. The van der Waals surface area contributed by atoms with Gasteiger partial charge in [0.15, 0.2) is 0 Å². The molecule has 4 aliphatic carbocycles. The lowest BCUT2D eigenvalue weighted by atomic mass is 9.27. The molecule has 150 valence electrons. The fourth-order valence-corrected chi connectivity index (χ4v) is 9.83. The van der Waals surface area contributed by atoms with Crippen LogP contribution in [-0.2, 0) is 5.41 Å². The van der Waals surface area contributed by atoms with E-state index in [1.165, 1.54) is 42.6 Å². The first-order valence-corrected chi connectivity index (χ1v) is 12.1. The van der Waals surface area contributed by atoms with Crippen molar-refractivity contribution in [2.75, 3.05) is 4.90 Å². The number of anilines is 2. The fourth-order valence-electron chi connectivity index (χ4n) is 9.83. The molecule has 5 atom stereocenters. The Bertz CT molecular complexity index is 963. The van der Waals surface area contributed by atoms with Gasteiger partial charge in [0.1, 0.15) is 0 Å². The molecule has 2 aromatic carbocycles. The van der Waals surface area contributed by atoms with Gasteiger partial charge in [0.25, 0.3) is 0 Å². The standard InChI is InChI=1S/C28H33N/c1-18-7-3-5-9-23(18)29-19(2)28(22-8-4-6-10-24(22)29)25-13-11-20-15-21-12-14-26(28)27(25,16-20)17-21/h3-10,19-21,25-26H,11-17H2,1-2H3. The summed E-state index contributed by atoms with van der Waals surface area (Å²) in [6.45, 7) is 4.86. The molecule has 2 aromatic rings. The molecule has 5 aliphatic rings. The first-order chi connectivity index (χ1) is 14.2. The SMILES string of the molecule is Cc1ccccc1N1c2ccccc2C2(C1C)C1CCC3CC4CCC2C1(C3)C4. The van der Waals surface area contributed by atoms with Crippen molar-refractivity contribution in [1.29, 1.82) is 0 Å². The maximum atomic E-state index is 2.73. The molecule has 1 heterocycles. The van der Waals surface area contributed by atoms with Gasteiger partial charge >= 0.3 is 0 Å². The average molecular weight is 384 g/mol. The topological polar surface area (TPSA) is 3.24 Å². The normalized spacial score (nSPS) is 43.8. The molecule has 29 heavy (non-hydrogen) atoms. The highest BCUT2D eigenvalue weighted by atomic mass is 15.2. The lowest BCUT2D eigenvalue weighted by Gasteiger charge is -2.77. The van der Waals surface area contributed by atoms with Crippen molar-refractivity contribution < 1.29 is 0 Å². The van der Waals surface area contributed by atoms with Crippen molar-refractivity contribution in [2.24, 2.45) is 29.1 Å². The van der Waals surface area contributed by atoms with Gasteiger partial charge < -0.3 is 4.90 Å². The second kappa shape index (κ2) is 5.48. The van der Waals surface area contributed by atoms with Gasteiger partial charge in [-0.15, -0.1) is 0 Å². The van der Waals surface area contributed by atoms with E-state index in [2.05, 4.69) is 67.3 Å². The Balaban J connectivity index is 1.43. The molecule has 4 fully saturated rings. The molecule has 5 unspecified atom stereocenters. The smallest absolute Gasteiger partial charge is 0.0452 e. The second-order valence-corrected chi connectivity index (χ2v) is 11.2. The van der Waals surface area contributed by atoms with Gasteiger partial charge in [0.2, 0.25) is 0 Å². The summed E-state index contributed by atoms with van der Waals surface area (Å²) in [7, 11) is 0. The highest BCUT2D eigenvalue weighted by molar-refractivity contribution is 5.77. The van der Waals surface area contributed by atoms with E-state index < -0.39 is 0 Å². The van der Waals surface area contributed by atoms with Gasteiger partial charge in [0.05, 0.1) is 0 Å². The van der Waals surface area contributed by atoms with Crippen molar-refractivity contribution in [2.45, 2.75) is 70.3 Å². The van der Waals surface area contributed by atoms with Crippen LogP contribution < -0.4 is 4.90 Å². The van der Waals surface area contributed by atoms with E-state index in [9.17, 15) is 0 Å². The molecule has 0 N–H and O–H groups in total. The molecule has 0 saturated heterocycles. The number of nitrogens with zero attached hydrogens (tertiary/aromatic N) is 1. The van der Waals surface area contributed by atoms with Crippen molar-refractivity contribution in [3.8, 4) is 0 Å². The number of rotatable bonds is 1. The van der Waals surface area contributed by atoms with Crippen LogP contribution in [0.1, 0.15) is 63.0 Å². The summed E-state index contributed by atoms with van der Waals surface area (Å²) in [5.41, 5.74) is 7.10. The van der Waals surface area contributed by atoms with Crippen molar-refractivity contribution >= 4 is 11.4 Å². The maximum absolute atomic E-state index is 2.73. The Morgan fingerprint density at radius 2 is 1.41 bits per heavy atom. The number of fused-ring (bicyclic) bond motifs is 6. The molecule has 0 amide bonds. The molecule has 0 radical (unpaired) electrons. The fraction of sp³-hybridized carbons (Fsp3) is 0.571. The van der Waals surface area contributed by atoms with E-state index in [4.69, 9.17) is 0 Å². The lowest BCUT2D eigenvalue weighted by molar-refractivity contribution is -0.240. The first kappa shape index (κ1) is 17.0. The van der Waals surface area contributed by atoms with Crippen LogP contribution >= 0.6 is 0 Å². The largest absolute Gasteiger partial charge is 0.337 e. The van der Waals surface area contributed by atoms with Crippen LogP contribution in [0.5, 0.6) is 0 Å². The molecular weight excluding hydrogens is 350 g/mol. The summed E-state index contributed by atoms with van der Waals surface area (Å²) >= 11 is 0. The molecule has 0 aromatic heterocycles. The number of para-hydroxylation sites is 2. The summed E-state index contributed by atoms with van der Waals surface area (Å²) in [5, 5.41) is 0. The zero-order valence-corrected chi connectivity index (χ0v) is 17.9. The highest BCUT2D eigenvalue weighted by Gasteiger charge is 2.77. The minimum absolute atomic E-state index is 0.381. The number of benzene rings is 2. The van der Waals surface area contributed by atoms with Gasteiger partial charge in [-0.3, -0.25) is 0 Å². The van der Waals surface area contributed by atoms with Crippen LogP contribution in [0, 0.1) is 36.0 Å². The van der Waals surface area contributed by atoms with Crippen molar-refractivity contribution in [3.05, 3.63) is 59.7 Å². The summed E-state index contributed by atoms with van der Waals surface area (Å²) < 4.78 is 0. The molecule has 4 saturated carbocycles. The Hall–Kier alpha value is -1.76. The zero-order valence-electron chi connectivity index (χ0n) is 17.9. The molecule has 1 nitrogen and oxygen atoms in total. The van der Waals surface area contributed by atoms with Gasteiger partial charge in [-0.1, -0.05) is 49.2 Å². The van der Waals surface area contributed by atoms with Gasteiger partial charge in [0, 0.05) is 22.8 Å². The summed E-state index contributed by atoms with van der Waals surface area (Å²) in [6, 6.07) is 19.1. The first-order valence-electron chi connectivity index (χ1n) is 12.1. The Labute approximate surface area is 175 Å². The quantitative estimate of drug-likeness (QED) is 0.512. The number of hydrogen-bond acceptors (Lipinski definition) is 1. The summed E-state index contributed by atoms with van der Waals surface area (Å²) in [6.07, 6.45) is 10.6. The van der Waals surface area contributed by atoms with E-state index >= 15 is 0 Å². The lowest BCUT2D eigenvalue weighted by Crippen LogP contribution is -2.75. The van der Waals surface area contributed by atoms with E-state index in [0.717, 1.165) is 23.7 Å². The molecule has 3 bridgehead atoms. The van der Waals surface area contributed by atoms with E-state index in [1.54, 1.807) is 24.8 Å². The van der Waals surface area contributed by atoms with E-state index in [0.29, 0.717) is 16.9 Å². The molecule has 7 rings (SSSR count). The van der Waals surface area contributed by atoms with Crippen LogP contribution in [-0.4, -0.2) is 6.04 Å². The van der Waals surface area contributed by atoms with Crippen LogP contribution in [0.15, 0.2) is 48.5 Å². The number of hydrogen-bond donors (Lipinski definition) is 0. The Morgan fingerprint density at radius 1 is 0.793 bits per heavy atom. The highest BCUT2D eigenvalue weighted by Crippen LogP contribution is 2.81. The summed E-state index contributed by atoms with van der Waals surface area (Å²) in [4.78, 5) is 2.73. The molecule has 1 heteroatoms. The second-order valence-electron chi connectivity index (χ2n) is 11.2. The third kappa shape index (κ3) is 1.81. The van der Waals surface area contributed by atoms with Gasteiger partial charge in [-0.25, -0.2) is 0 Å². The average Bonchev–Trinajstić information content (AvgIpc) is 2.98. The third-order valence-electron chi connectivity index (χ3n) is 10.4. The van der Waals surface area contributed by atoms with Crippen LogP contribution in [0.2, 0.25) is 0 Å². The van der Waals surface area contributed by atoms with Crippen molar-refractivity contribution in [3.63, 3.8) is 0 Å². The minimum Gasteiger partial charge on any atom is -0.337 e. The van der Waals surface area contributed by atoms with Crippen molar-refractivity contribution in [1.82, 2.24) is 0 Å². The Morgan fingerprint density at radius 3 is 2.10 bits per heavy atom. The maximum Gasteiger partial charge on any atom is 0.0452 e. The number of aryl methyl sites for hydroxylation is 1. The van der Waals surface area contributed by atoms with Crippen LogP contribution in [0.4, 0.5) is 11.4 Å². The van der Waals surface area contributed by atoms with Gasteiger partial charge in [-0.2, -0.15) is 0 Å². The monoisotopic (exact) mass is 383 g/mol. The van der Waals surface area contributed by atoms with Gasteiger partial charge in [-0.05, 0) is 98.3 Å². The van der Waals surface area contributed by atoms with Crippen LogP contribution in [0.3, 0.4) is 0 Å². The Kier molecular flexibility index (Phi) is 3.21. The molecule has 1 aliphatic heterocycles.